The van der Waals surface area contributed by atoms with Crippen molar-refractivity contribution in [2.24, 2.45) is 0 Å². The zero-order chi connectivity index (χ0) is 11.1. The van der Waals surface area contributed by atoms with Crippen LogP contribution in [-0.2, 0) is 4.79 Å². The molecule has 1 atom stereocenters. The molecular weight excluding hydrogens is 200 g/mol. The number of carboxylic acid groups (broad SMARTS) is 1. The first-order valence-corrected chi connectivity index (χ1v) is 5.50. The van der Waals surface area contributed by atoms with Gasteiger partial charge in [-0.15, -0.1) is 0 Å². The highest BCUT2D eigenvalue weighted by molar-refractivity contribution is 5.93. The van der Waals surface area contributed by atoms with E-state index >= 15 is 0 Å². The maximum Gasteiger partial charge on any atom is 0.315 e. The van der Waals surface area contributed by atoms with Crippen molar-refractivity contribution in [3.63, 3.8) is 0 Å². The molecule has 0 bridgehead atoms. The Morgan fingerprint density at radius 1 is 1.31 bits per heavy atom. The topological polar surface area (TPSA) is 37.3 Å². The van der Waals surface area contributed by atoms with Crippen LogP contribution in [0, 0.1) is 0 Å². The molecule has 1 aromatic rings. The number of carbonyl (C=O) groups is 1. The van der Waals surface area contributed by atoms with Gasteiger partial charge in [-0.25, -0.2) is 0 Å². The molecule has 0 saturated carbocycles. The molecule has 0 radical (unpaired) electrons. The van der Waals surface area contributed by atoms with Crippen molar-refractivity contribution in [3.05, 3.63) is 53.1 Å². The van der Waals surface area contributed by atoms with Crippen molar-refractivity contribution in [2.45, 2.75) is 18.8 Å². The van der Waals surface area contributed by atoms with Gasteiger partial charge in [0.05, 0.1) is 0 Å². The van der Waals surface area contributed by atoms with Gasteiger partial charge in [0, 0.05) is 0 Å². The third-order valence-corrected chi connectivity index (χ3v) is 3.36. The molecule has 1 aromatic carbocycles. The standard InChI is InChI=1S/C14H12O2/c15-14(16)13-11-7-3-1-5-9(11)10-6-2-4-8-12(10)13/h1,3-5,7-8,13H,2,6H2,(H,15,16). The summed E-state index contributed by atoms with van der Waals surface area (Å²) < 4.78 is 0. The molecule has 2 nitrogen and oxygen atoms in total. The van der Waals surface area contributed by atoms with Gasteiger partial charge in [0.25, 0.3) is 0 Å². The fourth-order valence-electron chi connectivity index (χ4n) is 2.70. The van der Waals surface area contributed by atoms with Crippen LogP contribution in [-0.4, -0.2) is 11.1 Å². The lowest BCUT2D eigenvalue weighted by Gasteiger charge is -2.11. The van der Waals surface area contributed by atoms with Gasteiger partial charge in [-0.2, -0.15) is 0 Å². The molecule has 1 unspecified atom stereocenters. The van der Waals surface area contributed by atoms with Gasteiger partial charge in [-0.3, -0.25) is 4.79 Å². The maximum absolute atomic E-state index is 11.4. The number of benzene rings is 1. The molecule has 0 aliphatic heterocycles. The number of hydrogen-bond donors (Lipinski definition) is 1. The fraction of sp³-hybridized carbons (Fsp3) is 0.214. The van der Waals surface area contributed by atoms with Gasteiger partial charge >= 0.3 is 5.97 Å². The first kappa shape index (κ1) is 9.40. The van der Waals surface area contributed by atoms with Crippen LogP contribution in [0.15, 0.2) is 42.0 Å². The van der Waals surface area contributed by atoms with Crippen LogP contribution >= 0.6 is 0 Å². The number of aliphatic carboxylic acids is 1. The van der Waals surface area contributed by atoms with Crippen molar-refractivity contribution >= 4 is 11.5 Å². The molecule has 16 heavy (non-hydrogen) atoms. The van der Waals surface area contributed by atoms with Crippen LogP contribution in [0.3, 0.4) is 0 Å². The lowest BCUT2D eigenvalue weighted by Crippen LogP contribution is -2.11. The summed E-state index contributed by atoms with van der Waals surface area (Å²) in [5, 5.41) is 9.33. The minimum Gasteiger partial charge on any atom is -0.481 e. The zero-order valence-electron chi connectivity index (χ0n) is 8.81. The predicted octanol–water partition coefficient (Wildman–Crippen LogP) is 2.97. The highest BCUT2D eigenvalue weighted by Crippen LogP contribution is 2.46. The molecule has 2 heteroatoms. The number of rotatable bonds is 1. The molecular formula is C14H12O2. The van der Waals surface area contributed by atoms with E-state index in [9.17, 15) is 9.90 Å². The normalized spacial score (nSPS) is 21.9. The Morgan fingerprint density at radius 3 is 2.94 bits per heavy atom. The molecule has 0 heterocycles. The van der Waals surface area contributed by atoms with Crippen LogP contribution in [0.5, 0.6) is 0 Å². The maximum atomic E-state index is 11.4. The third-order valence-electron chi connectivity index (χ3n) is 3.36. The molecule has 0 saturated heterocycles. The van der Waals surface area contributed by atoms with Crippen molar-refractivity contribution in [1.82, 2.24) is 0 Å². The molecule has 0 amide bonds. The summed E-state index contributed by atoms with van der Waals surface area (Å²) in [6.45, 7) is 0. The highest BCUT2D eigenvalue weighted by atomic mass is 16.4. The first-order valence-electron chi connectivity index (χ1n) is 5.50. The van der Waals surface area contributed by atoms with Gasteiger partial charge < -0.3 is 5.11 Å². The second-order valence-electron chi connectivity index (χ2n) is 4.23. The van der Waals surface area contributed by atoms with Gasteiger partial charge in [0.1, 0.15) is 5.92 Å². The summed E-state index contributed by atoms with van der Waals surface area (Å²) in [5.41, 5.74) is 4.30. The van der Waals surface area contributed by atoms with E-state index in [1.807, 2.05) is 30.3 Å². The van der Waals surface area contributed by atoms with Gasteiger partial charge in [0.15, 0.2) is 0 Å². The van der Waals surface area contributed by atoms with E-state index in [0.717, 1.165) is 29.5 Å². The summed E-state index contributed by atoms with van der Waals surface area (Å²) in [5.74, 6) is -1.20. The molecule has 3 rings (SSSR count). The summed E-state index contributed by atoms with van der Waals surface area (Å²) in [6, 6.07) is 7.86. The Morgan fingerprint density at radius 2 is 2.12 bits per heavy atom. The van der Waals surface area contributed by atoms with E-state index in [-0.39, 0.29) is 0 Å². The Balaban J connectivity index is 2.24. The summed E-state index contributed by atoms with van der Waals surface area (Å²) in [6.07, 6.45) is 6.03. The lowest BCUT2D eigenvalue weighted by atomic mass is 9.93. The van der Waals surface area contributed by atoms with E-state index in [2.05, 4.69) is 6.08 Å². The smallest absolute Gasteiger partial charge is 0.315 e. The molecule has 1 N–H and O–H groups in total. The monoisotopic (exact) mass is 212 g/mol. The number of carboxylic acids is 1. The van der Waals surface area contributed by atoms with Gasteiger partial charge in [-0.05, 0) is 35.1 Å². The summed E-state index contributed by atoms with van der Waals surface area (Å²) in [7, 11) is 0. The molecule has 80 valence electrons. The average Bonchev–Trinajstić information content (AvgIpc) is 2.63. The second-order valence-corrected chi connectivity index (χ2v) is 4.23. The molecule has 2 aliphatic carbocycles. The van der Waals surface area contributed by atoms with Crippen LogP contribution in [0.4, 0.5) is 0 Å². The fourth-order valence-corrected chi connectivity index (χ4v) is 2.70. The quantitative estimate of drug-likeness (QED) is 0.777. The van der Waals surface area contributed by atoms with Crippen molar-refractivity contribution < 1.29 is 9.90 Å². The first-order chi connectivity index (χ1) is 7.79. The average molecular weight is 212 g/mol. The highest BCUT2D eigenvalue weighted by Gasteiger charge is 2.34. The third kappa shape index (κ3) is 1.16. The lowest BCUT2D eigenvalue weighted by molar-refractivity contribution is -0.137. The Kier molecular flexibility index (Phi) is 1.96. The summed E-state index contributed by atoms with van der Waals surface area (Å²) >= 11 is 0. The van der Waals surface area contributed by atoms with Crippen molar-refractivity contribution in [1.29, 1.82) is 0 Å². The van der Waals surface area contributed by atoms with Gasteiger partial charge in [-0.1, -0.05) is 36.4 Å². The SMILES string of the molecule is O=C(O)C1C2=C(CCC=C2)c2ccccc21. The number of allylic oxidation sites excluding steroid dienone is 3. The van der Waals surface area contributed by atoms with E-state index in [1.165, 1.54) is 5.57 Å². The van der Waals surface area contributed by atoms with E-state index < -0.39 is 11.9 Å². The van der Waals surface area contributed by atoms with Crippen molar-refractivity contribution in [2.75, 3.05) is 0 Å². The van der Waals surface area contributed by atoms with Crippen LogP contribution in [0.25, 0.3) is 5.57 Å². The zero-order valence-corrected chi connectivity index (χ0v) is 8.81. The summed E-state index contributed by atoms with van der Waals surface area (Å²) in [4.78, 5) is 11.4. The number of hydrogen-bond acceptors (Lipinski definition) is 1. The van der Waals surface area contributed by atoms with Crippen molar-refractivity contribution in [3.8, 4) is 0 Å². The molecule has 0 fully saturated rings. The largest absolute Gasteiger partial charge is 0.481 e. The van der Waals surface area contributed by atoms with Crippen LogP contribution in [0.2, 0.25) is 0 Å². The van der Waals surface area contributed by atoms with E-state index in [4.69, 9.17) is 0 Å². The number of fused-ring (bicyclic) bond motifs is 2. The molecule has 2 aliphatic rings. The van der Waals surface area contributed by atoms with E-state index in [1.54, 1.807) is 0 Å². The Hall–Kier alpha value is -1.83. The molecule has 0 spiro atoms. The minimum absolute atomic E-state index is 0.456. The Bertz CT molecular complexity index is 523. The van der Waals surface area contributed by atoms with E-state index in [0.29, 0.717) is 0 Å². The second kappa shape index (κ2) is 3.34. The van der Waals surface area contributed by atoms with Crippen LogP contribution in [0.1, 0.15) is 29.9 Å². The Labute approximate surface area is 93.9 Å². The molecule has 0 aromatic heterocycles. The predicted molar refractivity (Wildman–Crippen MR) is 62.1 cm³/mol. The minimum atomic E-state index is -0.746. The van der Waals surface area contributed by atoms with Crippen LogP contribution < -0.4 is 0 Å². The van der Waals surface area contributed by atoms with Gasteiger partial charge in [0.2, 0.25) is 0 Å².